The van der Waals surface area contributed by atoms with Gasteiger partial charge in [0.15, 0.2) is 0 Å². The van der Waals surface area contributed by atoms with Crippen LogP contribution in [-0.2, 0) is 0 Å². The van der Waals surface area contributed by atoms with E-state index in [0.717, 1.165) is 24.5 Å². The SMILES string of the molecule is Cc1cccc(NCCNc2ccc(F)c(Cl)c2)c1C. The van der Waals surface area contributed by atoms with E-state index in [-0.39, 0.29) is 5.02 Å². The fourth-order valence-corrected chi connectivity index (χ4v) is 2.13. The molecule has 2 nitrogen and oxygen atoms in total. The first-order chi connectivity index (χ1) is 9.58. The third kappa shape index (κ3) is 3.64. The van der Waals surface area contributed by atoms with Crippen molar-refractivity contribution in [3.8, 4) is 0 Å². The highest BCUT2D eigenvalue weighted by atomic mass is 35.5. The summed E-state index contributed by atoms with van der Waals surface area (Å²) in [6.45, 7) is 5.71. The van der Waals surface area contributed by atoms with Crippen molar-refractivity contribution in [3.05, 3.63) is 58.4 Å². The van der Waals surface area contributed by atoms with Gasteiger partial charge in [-0.15, -0.1) is 0 Å². The number of nitrogens with one attached hydrogen (secondary N) is 2. The quantitative estimate of drug-likeness (QED) is 0.786. The van der Waals surface area contributed by atoms with E-state index in [4.69, 9.17) is 11.6 Å². The summed E-state index contributed by atoms with van der Waals surface area (Å²) in [5.74, 6) is -0.397. The van der Waals surface area contributed by atoms with Crippen molar-refractivity contribution in [2.45, 2.75) is 13.8 Å². The van der Waals surface area contributed by atoms with Gasteiger partial charge < -0.3 is 10.6 Å². The summed E-state index contributed by atoms with van der Waals surface area (Å²) < 4.78 is 13.0. The van der Waals surface area contributed by atoms with Crippen molar-refractivity contribution >= 4 is 23.0 Å². The summed E-state index contributed by atoms with van der Waals surface area (Å²) in [6, 6.07) is 10.8. The molecule has 0 aliphatic heterocycles. The second kappa shape index (κ2) is 6.62. The largest absolute Gasteiger partial charge is 0.383 e. The maximum Gasteiger partial charge on any atom is 0.141 e. The molecule has 0 radical (unpaired) electrons. The van der Waals surface area contributed by atoms with Gasteiger partial charge in [-0.05, 0) is 49.2 Å². The molecule has 0 spiro atoms. The van der Waals surface area contributed by atoms with Gasteiger partial charge in [0.25, 0.3) is 0 Å². The van der Waals surface area contributed by atoms with E-state index >= 15 is 0 Å². The molecule has 0 amide bonds. The molecule has 2 aromatic rings. The van der Waals surface area contributed by atoms with Crippen LogP contribution < -0.4 is 10.6 Å². The molecule has 2 rings (SSSR count). The minimum Gasteiger partial charge on any atom is -0.383 e. The van der Waals surface area contributed by atoms with E-state index in [9.17, 15) is 4.39 Å². The Kier molecular flexibility index (Phi) is 4.85. The molecular weight excluding hydrogens is 275 g/mol. The molecular formula is C16H18ClFN2. The Bertz CT molecular complexity index is 599. The fraction of sp³-hybridized carbons (Fsp3) is 0.250. The Balaban J connectivity index is 1.84. The van der Waals surface area contributed by atoms with Crippen LogP contribution >= 0.6 is 11.6 Å². The highest BCUT2D eigenvalue weighted by molar-refractivity contribution is 6.31. The minimum absolute atomic E-state index is 0.137. The van der Waals surface area contributed by atoms with E-state index < -0.39 is 5.82 Å². The Labute approximate surface area is 124 Å². The van der Waals surface area contributed by atoms with Gasteiger partial charge in [-0.25, -0.2) is 4.39 Å². The molecule has 2 aromatic carbocycles. The monoisotopic (exact) mass is 292 g/mol. The number of benzene rings is 2. The van der Waals surface area contributed by atoms with Gasteiger partial charge in [-0.1, -0.05) is 23.7 Å². The molecule has 4 heteroatoms. The molecule has 0 aromatic heterocycles. The van der Waals surface area contributed by atoms with E-state index in [1.165, 1.54) is 17.2 Å². The third-order valence-corrected chi connectivity index (χ3v) is 3.58. The number of rotatable bonds is 5. The maximum atomic E-state index is 13.0. The summed E-state index contributed by atoms with van der Waals surface area (Å²) in [7, 11) is 0. The molecule has 0 aliphatic carbocycles. The topological polar surface area (TPSA) is 24.1 Å². The van der Waals surface area contributed by atoms with Crippen LogP contribution in [0.2, 0.25) is 5.02 Å². The van der Waals surface area contributed by atoms with Crippen molar-refractivity contribution in [1.29, 1.82) is 0 Å². The van der Waals surface area contributed by atoms with Crippen LogP contribution in [0.25, 0.3) is 0 Å². The fourth-order valence-electron chi connectivity index (χ4n) is 1.95. The number of halogens is 2. The zero-order valence-electron chi connectivity index (χ0n) is 11.6. The number of aryl methyl sites for hydroxylation is 1. The van der Waals surface area contributed by atoms with E-state index in [2.05, 4.69) is 36.6 Å². The summed E-state index contributed by atoms with van der Waals surface area (Å²) in [4.78, 5) is 0. The molecule has 0 saturated heterocycles. The zero-order valence-corrected chi connectivity index (χ0v) is 12.4. The molecule has 0 bridgehead atoms. The molecule has 0 unspecified atom stereocenters. The normalized spacial score (nSPS) is 10.4. The lowest BCUT2D eigenvalue weighted by Crippen LogP contribution is -2.14. The third-order valence-electron chi connectivity index (χ3n) is 3.29. The summed E-state index contributed by atoms with van der Waals surface area (Å²) in [6.07, 6.45) is 0. The molecule has 2 N–H and O–H groups in total. The summed E-state index contributed by atoms with van der Waals surface area (Å²) >= 11 is 5.73. The summed E-state index contributed by atoms with van der Waals surface area (Å²) in [5, 5.41) is 6.72. The van der Waals surface area contributed by atoms with Crippen molar-refractivity contribution < 1.29 is 4.39 Å². The molecule has 106 valence electrons. The van der Waals surface area contributed by atoms with Gasteiger partial charge in [-0.3, -0.25) is 0 Å². The predicted molar refractivity (Wildman–Crippen MR) is 84.3 cm³/mol. The lowest BCUT2D eigenvalue weighted by atomic mass is 10.1. The van der Waals surface area contributed by atoms with Crippen LogP contribution in [0, 0.1) is 19.7 Å². The van der Waals surface area contributed by atoms with Crippen LogP contribution in [0.1, 0.15) is 11.1 Å². The molecule has 0 saturated carbocycles. The van der Waals surface area contributed by atoms with Crippen molar-refractivity contribution in [2.24, 2.45) is 0 Å². The first-order valence-corrected chi connectivity index (χ1v) is 6.95. The second-order valence-electron chi connectivity index (χ2n) is 4.73. The Morgan fingerprint density at radius 2 is 1.80 bits per heavy atom. The minimum atomic E-state index is -0.397. The average molecular weight is 293 g/mol. The smallest absolute Gasteiger partial charge is 0.141 e. The average Bonchev–Trinajstić information content (AvgIpc) is 2.43. The highest BCUT2D eigenvalue weighted by Gasteiger charge is 2.01. The standard InChI is InChI=1S/C16H18ClFN2/c1-11-4-3-5-16(12(11)2)20-9-8-19-13-6-7-15(18)14(17)10-13/h3-7,10,19-20H,8-9H2,1-2H3. The molecule has 0 fully saturated rings. The van der Waals surface area contributed by atoms with Gasteiger partial charge in [0.2, 0.25) is 0 Å². The van der Waals surface area contributed by atoms with Crippen LogP contribution in [0.4, 0.5) is 15.8 Å². The Morgan fingerprint density at radius 3 is 2.55 bits per heavy atom. The maximum absolute atomic E-state index is 13.0. The van der Waals surface area contributed by atoms with Crippen molar-refractivity contribution in [2.75, 3.05) is 23.7 Å². The van der Waals surface area contributed by atoms with E-state index in [1.54, 1.807) is 12.1 Å². The van der Waals surface area contributed by atoms with Gasteiger partial charge in [0.05, 0.1) is 5.02 Å². The van der Waals surface area contributed by atoms with Gasteiger partial charge in [0.1, 0.15) is 5.82 Å². The summed E-state index contributed by atoms with van der Waals surface area (Å²) in [5.41, 5.74) is 4.49. The molecule has 0 atom stereocenters. The molecule has 0 heterocycles. The van der Waals surface area contributed by atoms with E-state index in [0.29, 0.717) is 0 Å². The van der Waals surface area contributed by atoms with E-state index in [1.807, 2.05) is 6.07 Å². The van der Waals surface area contributed by atoms with Crippen LogP contribution in [0.5, 0.6) is 0 Å². The second-order valence-corrected chi connectivity index (χ2v) is 5.14. The van der Waals surface area contributed by atoms with Crippen LogP contribution in [0.15, 0.2) is 36.4 Å². The predicted octanol–water partition coefficient (Wildman–Crippen LogP) is 4.62. The number of hydrogen-bond acceptors (Lipinski definition) is 2. The van der Waals surface area contributed by atoms with Gasteiger partial charge in [-0.2, -0.15) is 0 Å². The lowest BCUT2D eigenvalue weighted by molar-refractivity contribution is 0.628. The Morgan fingerprint density at radius 1 is 1.05 bits per heavy atom. The van der Waals surface area contributed by atoms with Crippen molar-refractivity contribution in [1.82, 2.24) is 0 Å². The van der Waals surface area contributed by atoms with Crippen LogP contribution in [0.3, 0.4) is 0 Å². The van der Waals surface area contributed by atoms with Gasteiger partial charge in [0, 0.05) is 24.5 Å². The Hall–Kier alpha value is -1.74. The molecule has 20 heavy (non-hydrogen) atoms. The van der Waals surface area contributed by atoms with Crippen LogP contribution in [-0.4, -0.2) is 13.1 Å². The lowest BCUT2D eigenvalue weighted by Gasteiger charge is -2.12. The van der Waals surface area contributed by atoms with Crippen molar-refractivity contribution in [3.63, 3.8) is 0 Å². The zero-order chi connectivity index (χ0) is 14.5. The van der Waals surface area contributed by atoms with Gasteiger partial charge >= 0.3 is 0 Å². The molecule has 0 aliphatic rings. The number of hydrogen-bond donors (Lipinski definition) is 2. The first kappa shape index (κ1) is 14.7. The highest BCUT2D eigenvalue weighted by Crippen LogP contribution is 2.19. The first-order valence-electron chi connectivity index (χ1n) is 6.57. The number of anilines is 2.